The Balaban J connectivity index is 1.47. The van der Waals surface area contributed by atoms with Crippen molar-refractivity contribution in [2.75, 3.05) is 23.3 Å². The molecule has 1 fully saturated rings. The van der Waals surface area contributed by atoms with Gasteiger partial charge in [0.1, 0.15) is 0 Å². The highest BCUT2D eigenvalue weighted by atomic mass is 16.2. The van der Waals surface area contributed by atoms with Crippen molar-refractivity contribution >= 4 is 23.1 Å². The van der Waals surface area contributed by atoms with Crippen LogP contribution in [0.5, 0.6) is 0 Å². The molecule has 1 heterocycles. The molecule has 0 aromatic heterocycles. The molecule has 0 spiro atoms. The summed E-state index contributed by atoms with van der Waals surface area (Å²) in [5.74, 6) is 0.613. The Bertz CT molecular complexity index is 781. The summed E-state index contributed by atoms with van der Waals surface area (Å²) < 4.78 is 0. The average Bonchev–Trinajstić information content (AvgIpc) is 3.13. The number of nitrogens with one attached hydrogen (secondary N) is 1. The number of rotatable bonds is 7. The number of Topliss-reactive ketones (excluding diaryl/α,β-unsaturated/α-hetero) is 1. The molecule has 2 aromatic carbocycles. The predicted octanol–water partition coefficient (Wildman–Crippen LogP) is 4.70. The highest BCUT2D eigenvalue weighted by molar-refractivity contribution is 6.00. The lowest BCUT2D eigenvalue weighted by molar-refractivity contribution is -0.116. The molecule has 3 rings (SSSR count). The van der Waals surface area contributed by atoms with Gasteiger partial charge >= 0.3 is 0 Å². The standard InChI is InChI=1S/C23H28N2O2/c1-3-18-4-6-19(7-5-18)22(26)12-13-23(27)24-20-8-10-21(11-9-20)25-15-14-17(2)16-25/h4-11,17H,3,12-16H2,1-2H3,(H,24,27). The maximum absolute atomic E-state index is 12.2. The molecule has 27 heavy (non-hydrogen) atoms. The van der Waals surface area contributed by atoms with Gasteiger partial charge in [-0.3, -0.25) is 9.59 Å². The summed E-state index contributed by atoms with van der Waals surface area (Å²) in [6.45, 7) is 6.54. The molecule has 1 N–H and O–H groups in total. The van der Waals surface area contributed by atoms with E-state index in [2.05, 4.69) is 24.1 Å². The monoisotopic (exact) mass is 364 g/mol. The normalized spacial score (nSPS) is 16.4. The van der Waals surface area contributed by atoms with E-state index in [1.165, 1.54) is 17.7 Å². The minimum absolute atomic E-state index is 0.00584. The first kappa shape index (κ1) is 19.2. The van der Waals surface area contributed by atoms with Crippen molar-refractivity contribution < 1.29 is 9.59 Å². The van der Waals surface area contributed by atoms with Crippen LogP contribution in [0.1, 0.15) is 49.0 Å². The summed E-state index contributed by atoms with van der Waals surface area (Å²) >= 11 is 0. The number of amides is 1. The molecule has 1 aliphatic rings. The van der Waals surface area contributed by atoms with Crippen LogP contribution in [-0.2, 0) is 11.2 Å². The van der Waals surface area contributed by atoms with Gasteiger partial charge in [-0.15, -0.1) is 0 Å². The number of hydrogen-bond donors (Lipinski definition) is 1. The molecule has 4 nitrogen and oxygen atoms in total. The fraction of sp³-hybridized carbons (Fsp3) is 0.391. The highest BCUT2D eigenvalue weighted by Gasteiger charge is 2.18. The van der Waals surface area contributed by atoms with Crippen molar-refractivity contribution in [1.29, 1.82) is 0 Å². The van der Waals surface area contributed by atoms with E-state index in [1.54, 1.807) is 0 Å². The van der Waals surface area contributed by atoms with E-state index in [-0.39, 0.29) is 24.5 Å². The summed E-state index contributed by atoms with van der Waals surface area (Å²) in [6.07, 6.45) is 2.60. The maximum atomic E-state index is 12.2. The molecule has 0 bridgehead atoms. The molecule has 0 radical (unpaired) electrons. The van der Waals surface area contributed by atoms with Crippen LogP contribution < -0.4 is 10.2 Å². The lowest BCUT2D eigenvalue weighted by atomic mass is 10.0. The van der Waals surface area contributed by atoms with E-state index in [9.17, 15) is 9.59 Å². The van der Waals surface area contributed by atoms with Crippen LogP contribution in [0.4, 0.5) is 11.4 Å². The second-order valence-corrected chi connectivity index (χ2v) is 7.41. The Morgan fingerprint density at radius 2 is 1.74 bits per heavy atom. The Hall–Kier alpha value is -2.62. The summed E-state index contributed by atoms with van der Waals surface area (Å²) in [4.78, 5) is 26.8. The number of carbonyl (C=O) groups excluding carboxylic acids is 2. The number of hydrogen-bond acceptors (Lipinski definition) is 3. The number of anilines is 2. The third kappa shape index (κ3) is 5.19. The molecule has 142 valence electrons. The van der Waals surface area contributed by atoms with Gasteiger partial charge in [0.15, 0.2) is 5.78 Å². The summed E-state index contributed by atoms with van der Waals surface area (Å²) in [6, 6.07) is 15.6. The van der Waals surface area contributed by atoms with Crippen LogP contribution in [0.3, 0.4) is 0 Å². The quantitative estimate of drug-likeness (QED) is 0.725. The van der Waals surface area contributed by atoms with Gasteiger partial charge in [0.05, 0.1) is 0 Å². The molecule has 1 amide bonds. The fourth-order valence-electron chi connectivity index (χ4n) is 3.45. The van der Waals surface area contributed by atoms with Gasteiger partial charge < -0.3 is 10.2 Å². The van der Waals surface area contributed by atoms with Crippen LogP contribution in [0.25, 0.3) is 0 Å². The first-order chi connectivity index (χ1) is 13.0. The Labute approximate surface area is 161 Å². The van der Waals surface area contributed by atoms with Gasteiger partial charge in [0.2, 0.25) is 5.91 Å². The molecular weight excluding hydrogens is 336 g/mol. The van der Waals surface area contributed by atoms with Crippen molar-refractivity contribution in [2.45, 2.75) is 39.5 Å². The Morgan fingerprint density at radius 1 is 1.04 bits per heavy atom. The zero-order valence-corrected chi connectivity index (χ0v) is 16.2. The van der Waals surface area contributed by atoms with E-state index in [0.717, 1.165) is 31.1 Å². The summed E-state index contributed by atoms with van der Waals surface area (Å²) in [5, 5.41) is 2.88. The number of nitrogens with zero attached hydrogens (tertiary/aromatic N) is 1. The largest absolute Gasteiger partial charge is 0.371 e. The van der Waals surface area contributed by atoms with E-state index in [1.807, 2.05) is 48.5 Å². The molecule has 0 aliphatic carbocycles. The van der Waals surface area contributed by atoms with Crippen LogP contribution >= 0.6 is 0 Å². The van der Waals surface area contributed by atoms with E-state index in [0.29, 0.717) is 5.56 Å². The summed E-state index contributed by atoms with van der Waals surface area (Å²) in [7, 11) is 0. The van der Waals surface area contributed by atoms with Crippen LogP contribution in [0.15, 0.2) is 48.5 Å². The molecule has 2 aromatic rings. The number of ketones is 1. The van der Waals surface area contributed by atoms with Crippen molar-refractivity contribution in [3.63, 3.8) is 0 Å². The zero-order valence-electron chi connectivity index (χ0n) is 16.2. The van der Waals surface area contributed by atoms with Crippen molar-refractivity contribution in [3.05, 3.63) is 59.7 Å². The molecule has 1 aliphatic heterocycles. The van der Waals surface area contributed by atoms with Crippen molar-refractivity contribution in [2.24, 2.45) is 5.92 Å². The van der Waals surface area contributed by atoms with Crippen LogP contribution in [0.2, 0.25) is 0 Å². The van der Waals surface area contributed by atoms with Crippen LogP contribution in [-0.4, -0.2) is 24.8 Å². The summed E-state index contributed by atoms with van der Waals surface area (Å²) in [5.41, 5.74) is 3.85. The van der Waals surface area contributed by atoms with Gasteiger partial charge in [-0.05, 0) is 48.6 Å². The molecule has 1 saturated heterocycles. The Morgan fingerprint density at radius 3 is 2.33 bits per heavy atom. The number of aryl methyl sites for hydroxylation is 1. The van der Waals surface area contributed by atoms with Crippen molar-refractivity contribution in [3.8, 4) is 0 Å². The highest BCUT2D eigenvalue weighted by Crippen LogP contribution is 2.24. The van der Waals surface area contributed by atoms with Gasteiger partial charge in [-0.2, -0.15) is 0 Å². The minimum Gasteiger partial charge on any atom is -0.371 e. The third-order valence-electron chi connectivity index (χ3n) is 5.20. The Kier molecular flexibility index (Phi) is 6.28. The fourth-order valence-corrected chi connectivity index (χ4v) is 3.45. The van der Waals surface area contributed by atoms with Crippen LogP contribution in [0, 0.1) is 5.92 Å². The smallest absolute Gasteiger partial charge is 0.224 e. The molecule has 4 heteroatoms. The second kappa shape index (κ2) is 8.85. The first-order valence-electron chi connectivity index (χ1n) is 9.82. The van der Waals surface area contributed by atoms with E-state index < -0.39 is 0 Å². The lowest BCUT2D eigenvalue weighted by Gasteiger charge is -2.18. The number of carbonyl (C=O) groups is 2. The lowest BCUT2D eigenvalue weighted by Crippen LogP contribution is -2.19. The number of benzene rings is 2. The van der Waals surface area contributed by atoms with E-state index >= 15 is 0 Å². The minimum atomic E-state index is -0.129. The van der Waals surface area contributed by atoms with Gasteiger partial charge in [0.25, 0.3) is 0 Å². The SMILES string of the molecule is CCc1ccc(C(=O)CCC(=O)Nc2ccc(N3CCC(C)C3)cc2)cc1. The second-order valence-electron chi connectivity index (χ2n) is 7.41. The van der Waals surface area contributed by atoms with E-state index in [4.69, 9.17) is 0 Å². The molecule has 1 unspecified atom stereocenters. The maximum Gasteiger partial charge on any atom is 0.224 e. The third-order valence-corrected chi connectivity index (χ3v) is 5.20. The molecule has 0 saturated carbocycles. The predicted molar refractivity (Wildman–Crippen MR) is 110 cm³/mol. The van der Waals surface area contributed by atoms with Gasteiger partial charge in [-0.1, -0.05) is 38.1 Å². The molecular formula is C23H28N2O2. The molecule has 1 atom stereocenters. The van der Waals surface area contributed by atoms with Gasteiger partial charge in [-0.25, -0.2) is 0 Å². The topological polar surface area (TPSA) is 49.4 Å². The average molecular weight is 364 g/mol. The van der Waals surface area contributed by atoms with Gasteiger partial charge in [0, 0.05) is 42.9 Å². The first-order valence-corrected chi connectivity index (χ1v) is 9.82. The van der Waals surface area contributed by atoms with Crippen molar-refractivity contribution in [1.82, 2.24) is 0 Å². The zero-order chi connectivity index (χ0) is 19.2.